The first-order valence-corrected chi connectivity index (χ1v) is 8.49. The van der Waals surface area contributed by atoms with Gasteiger partial charge >= 0.3 is 0 Å². The van der Waals surface area contributed by atoms with Gasteiger partial charge in [0.05, 0.1) is 0 Å². The molecule has 2 N–H and O–H groups in total. The van der Waals surface area contributed by atoms with E-state index < -0.39 is 23.4 Å². The van der Waals surface area contributed by atoms with Gasteiger partial charge < -0.3 is 10.6 Å². The summed E-state index contributed by atoms with van der Waals surface area (Å²) in [7, 11) is 0. The zero-order valence-corrected chi connectivity index (χ0v) is 15.3. The van der Waals surface area contributed by atoms with Crippen LogP contribution < -0.4 is 10.6 Å². The van der Waals surface area contributed by atoms with Crippen molar-refractivity contribution >= 4 is 23.2 Å². The molecule has 1 aromatic heterocycles. The minimum atomic E-state index is -0.525. The molecule has 2 aromatic carbocycles. The van der Waals surface area contributed by atoms with Crippen LogP contribution in [-0.2, 0) is 11.3 Å². The average molecular weight is 384 g/mol. The Labute approximate surface area is 160 Å². The number of hydrogen-bond acceptors (Lipinski definition) is 3. The number of aromatic nitrogens is 2. The molecule has 0 unspecified atom stereocenters. The number of rotatable bonds is 5. The van der Waals surface area contributed by atoms with E-state index in [1.807, 2.05) is 0 Å². The Bertz CT molecular complexity index is 1050. The lowest BCUT2D eigenvalue weighted by Crippen LogP contribution is -2.20. The van der Waals surface area contributed by atoms with Gasteiger partial charge in [0.1, 0.15) is 18.2 Å². The van der Waals surface area contributed by atoms with E-state index in [1.165, 1.54) is 29.1 Å². The Balaban J connectivity index is 1.61. The van der Waals surface area contributed by atoms with Crippen molar-refractivity contribution in [2.24, 2.45) is 0 Å². The van der Waals surface area contributed by atoms with Gasteiger partial charge in [-0.2, -0.15) is 5.10 Å². The maximum Gasteiger partial charge on any atom is 0.276 e. The predicted molar refractivity (Wildman–Crippen MR) is 101 cm³/mol. The molecule has 0 saturated carbocycles. The smallest absolute Gasteiger partial charge is 0.276 e. The number of carbonyl (C=O) groups is 2. The number of benzene rings is 2. The molecule has 0 fully saturated rings. The van der Waals surface area contributed by atoms with E-state index in [1.54, 1.807) is 38.1 Å². The highest BCUT2D eigenvalue weighted by atomic mass is 19.1. The molecule has 0 bridgehead atoms. The zero-order chi connectivity index (χ0) is 20.3. The zero-order valence-electron chi connectivity index (χ0n) is 15.3. The molecule has 0 radical (unpaired) electrons. The van der Waals surface area contributed by atoms with E-state index in [-0.39, 0.29) is 12.2 Å². The molecule has 0 aliphatic carbocycles. The van der Waals surface area contributed by atoms with Crippen LogP contribution in [0.15, 0.2) is 48.7 Å². The van der Waals surface area contributed by atoms with Gasteiger partial charge in [-0.25, -0.2) is 8.78 Å². The molecule has 8 heteroatoms. The molecule has 0 saturated heterocycles. The van der Waals surface area contributed by atoms with Crippen LogP contribution >= 0.6 is 0 Å². The Morgan fingerprint density at radius 2 is 1.50 bits per heavy atom. The third-order valence-corrected chi connectivity index (χ3v) is 4.06. The lowest BCUT2D eigenvalue weighted by Gasteiger charge is -2.07. The summed E-state index contributed by atoms with van der Waals surface area (Å²) >= 11 is 0. The molecule has 2 amide bonds. The number of nitrogens with one attached hydrogen (secondary N) is 2. The quantitative estimate of drug-likeness (QED) is 0.705. The summed E-state index contributed by atoms with van der Waals surface area (Å²) in [6.45, 7) is 3.10. The Kier molecular flexibility index (Phi) is 5.49. The van der Waals surface area contributed by atoms with Gasteiger partial charge in [-0.15, -0.1) is 0 Å². The van der Waals surface area contributed by atoms with Crippen molar-refractivity contribution < 1.29 is 18.4 Å². The van der Waals surface area contributed by atoms with Crippen molar-refractivity contribution in [1.82, 2.24) is 9.78 Å². The van der Waals surface area contributed by atoms with E-state index in [0.29, 0.717) is 22.5 Å². The number of anilines is 2. The van der Waals surface area contributed by atoms with E-state index >= 15 is 0 Å². The van der Waals surface area contributed by atoms with Crippen LogP contribution in [0, 0.1) is 25.5 Å². The first-order valence-electron chi connectivity index (χ1n) is 8.49. The minimum absolute atomic E-state index is 0.0789. The molecule has 6 nitrogen and oxygen atoms in total. The van der Waals surface area contributed by atoms with E-state index in [9.17, 15) is 18.4 Å². The van der Waals surface area contributed by atoms with Crippen molar-refractivity contribution in [3.05, 3.63) is 77.1 Å². The second-order valence-electron chi connectivity index (χ2n) is 6.33. The first-order chi connectivity index (χ1) is 13.3. The van der Waals surface area contributed by atoms with Crippen LogP contribution in [0.25, 0.3) is 0 Å². The largest absolute Gasteiger partial charge is 0.324 e. The molecule has 0 aliphatic rings. The molecule has 0 atom stereocenters. The first kappa shape index (κ1) is 19.2. The fraction of sp³-hybridized carbons (Fsp3) is 0.150. The second-order valence-corrected chi connectivity index (χ2v) is 6.33. The number of aryl methyl sites for hydroxylation is 2. The highest BCUT2D eigenvalue weighted by Gasteiger charge is 2.13. The fourth-order valence-electron chi connectivity index (χ4n) is 2.45. The van der Waals surface area contributed by atoms with Gasteiger partial charge in [-0.1, -0.05) is 12.1 Å². The average Bonchev–Trinajstić information content (AvgIpc) is 3.10. The molecule has 3 aromatic rings. The molecule has 1 heterocycles. The van der Waals surface area contributed by atoms with Gasteiger partial charge in [-0.05, 0) is 55.3 Å². The van der Waals surface area contributed by atoms with Crippen molar-refractivity contribution in [2.45, 2.75) is 20.4 Å². The molecular weight excluding hydrogens is 366 g/mol. The molecule has 0 spiro atoms. The van der Waals surface area contributed by atoms with Crippen LogP contribution in [0.5, 0.6) is 0 Å². The monoisotopic (exact) mass is 384 g/mol. The van der Waals surface area contributed by atoms with Gasteiger partial charge in [0, 0.05) is 17.6 Å². The van der Waals surface area contributed by atoms with Crippen molar-refractivity contribution in [1.29, 1.82) is 0 Å². The SMILES string of the molecule is Cc1ccc(NC(=O)Cn2ccc(C(=O)Nc3ccc(C)c(F)c3)n2)cc1F. The fourth-order valence-corrected chi connectivity index (χ4v) is 2.45. The Hall–Kier alpha value is -3.55. The maximum absolute atomic E-state index is 13.6. The number of halogens is 2. The molecule has 28 heavy (non-hydrogen) atoms. The summed E-state index contributed by atoms with van der Waals surface area (Å²) in [6, 6.07) is 10.2. The highest BCUT2D eigenvalue weighted by molar-refractivity contribution is 6.02. The summed E-state index contributed by atoms with van der Waals surface area (Å²) in [5.74, 6) is -1.78. The predicted octanol–water partition coefficient (Wildman–Crippen LogP) is 3.67. The highest BCUT2D eigenvalue weighted by Crippen LogP contribution is 2.15. The lowest BCUT2D eigenvalue weighted by molar-refractivity contribution is -0.116. The van der Waals surface area contributed by atoms with Gasteiger partial charge in [0.2, 0.25) is 5.91 Å². The normalized spacial score (nSPS) is 10.6. The summed E-state index contributed by atoms with van der Waals surface area (Å²) in [6.07, 6.45) is 1.47. The summed E-state index contributed by atoms with van der Waals surface area (Å²) in [5.41, 5.74) is 1.67. The van der Waals surface area contributed by atoms with Crippen molar-refractivity contribution in [3.63, 3.8) is 0 Å². The Morgan fingerprint density at radius 3 is 2.07 bits per heavy atom. The molecule has 144 valence electrons. The third-order valence-electron chi connectivity index (χ3n) is 4.06. The van der Waals surface area contributed by atoms with E-state index in [0.717, 1.165) is 0 Å². The van der Waals surface area contributed by atoms with E-state index in [4.69, 9.17) is 0 Å². The van der Waals surface area contributed by atoms with Gasteiger partial charge in [0.25, 0.3) is 5.91 Å². The van der Waals surface area contributed by atoms with Crippen molar-refractivity contribution in [3.8, 4) is 0 Å². The van der Waals surface area contributed by atoms with Crippen LogP contribution in [-0.4, -0.2) is 21.6 Å². The molecule has 0 aliphatic heterocycles. The Morgan fingerprint density at radius 1 is 0.929 bits per heavy atom. The number of amides is 2. The van der Waals surface area contributed by atoms with Crippen molar-refractivity contribution in [2.75, 3.05) is 10.6 Å². The number of hydrogen-bond donors (Lipinski definition) is 2. The number of nitrogens with zero attached hydrogens (tertiary/aromatic N) is 2. The third kappa shape index (κ3) is 4.59. The van der Waals surface area contributed by atoms with Crippen LogP contribution in [0.2, 0.25) is 0 Å². The van der Waals surface area contributed by atoms with Crippen LogP contribution in [0.4, 0.5) is 20.2 Å². The van der Waals surface area contributed by atoms with Crippen LogP contribution in [0.3, 0.4) is 0 Å². The van der Waals surface area contributed by atoms with Crippen LogP contribution in [0.1, 0.15) is 21.6 Å². The van der Waals surface area contributed by atoms with E-state index in [2.05, 4.69) is 15.7 Å². The summed E-state index contributed by atoms with van der Waals surface area (Å²) < 4.78 is 28.4. The van der Waals surface area contributed by atoms with Gasteiger partial charge in [0.15, 0.2) is 5.69 Å². The molecular formula is C20H18F2N4O2. The standard InChI is InChI=1S/C20H18F2N4O2/c1-12-3-5-14(9-16(12)21)23-19(27)11-26-8-7-18(25-26)20(28)24-15-6-4-13(2)17(22)10-15/h3-10H,11H2,1-2H3,(H,23,27)(H,24,28). The number of carbonyl (C=O) groups excluding carboxylic acids is 2. The second kappa shape index (κ2) is 7.99. The minimum Gasteiger partial charge on any atom is -0.324 e. The summed E-state index contributed by atoms with van der Waals surface area (Å²) in [4.78, 5) is 24.3. The molecule has 3 rings (SSSR count). The topological polar surface area (TPSA) is 76.0 Å². The maximum atomic E-state index is 13.6. The summed E-state index contributed by atoms with van der Waals surface area (Å²) in [5, 5.41) is 9.15. The van der Waals surface area contributed by atoms with Gasteiger partial charge in [-0.3, -0.25) is 14.3 Å². The lowest BCUT2D eigenvalue weighted by atomic mass is 10.2.